The molecule has 0 fully saturated rings. The Morgan fingerprint density at radius 2 is 1.88 bits per heavy atom. The van der Waals surface area contributed by atoms with E-state index in [1.165, 1.54) is 18.2 Å². The van der Waals surface area contributed by atoms with Crippen molar-refractivity contribution in [1.82, 2.24) is 0 Å². The Morgan fingerprint density at radius 1 is 1.25 bits per heavy atom. The van der Waals surface area contributed by atoms with Crippen molar-refractivity contribution in [2.45, 2.75) is 32.2 Å². The first-order chi connectivity index (χ1) is 7.30. The normalized spacial score (nSPS) is 13.9. The summed E-state index contributed by atoms with van der Waals surface area (Å²) < 4.78 is 42.0. The van der Waals surface area contributed by atoms with Crippen LogP contribution in [0.5, 0.6) is 5.75 Å². The minimum absolute atomic E-state index is 0.127. The van der Waals surface area contributed by atoms with Crippen LogP contribution < -0.4 is 4.74 Å². The first kappa shape index (κ1) is 12.8. The van der Waals surface area contributed by atoms with Crippen molar-refractivity contribution in [1.29, 1.82) is 0 Å². The molecule has 0 amide bonds. The van der Waals surface area contributed by atoms with E-state index in [9.17, 15) is 13.2 Å². The number of hydrogen-bond acceptors (Lipinski definition) is 2. The summed E-state index contributed by atoms with van der Waals surface area (Å²) in [6.45, 7) is 3.54. The highest BCUT2D eigenvalue weighted by molar-refractivity contribution is 5.30. The van der Waals surface area contributed by atoms with E-state index in [1.54, 1.807) is 19.9 Å². The van der Waals surface area contributed by atoms with Gasteiger partial charge in [0.15, 0.2) is 6.10 Å². The van der Waals surface area contributed by atoms with Gasteiger partial charge in [-0.1, -0.05) is 12.1 Å². The van der Waals surface area contributed by atoms with Crippen LogP contribution in [0.1, 0.15) is 25.5 Å². The second-order valence-electron chi connectivity index (χ2n) is 3.68. The predicted molar refractivity (Wildman–Crippen MR) is 53.2 cm³/mol. The molecule has 1 N–H and O–H groups in total. The lowest BCUT2D eigenvalue weighted by Gasteiger charge is -2.16. The van der Waals surface area contributed by atoms with E-state index in [-0.39, 0.29) is 11.7 Å². The Balaban J connectivity index is 2.90. The molecule has 5 heteroatoms. The van der Waals surface area contributed by atoms with Crippen LogP contribution in [0.3, 0.4) is 0 Å². The number of rotatable bonds is 3. The predicted octanol–water partition coefficient (Wildman–Crippen LogP) is 3.07. The lowest BCUT2D eigenvalue weighted by molar-refractivity contribution is -0.206. The Morgan fingerprint density at radius 3 is 2.38 bits per heavy atom. The topological polar surface area (TPSA) is 29.5 Å². The lowest BCUT2D eigenvalue weighted by Crippen LogP contribution is -2.20. The largest absolute Gasteiger partial charge is 0.491 e. The quantitative estimate of drug-likeness (QED) is 0.870. The van der Waals surface area contributed by atoms with Gasteiger partial charge < -0.3 is 9.84 Å². The summed E-state index contributed by atoms with van der Waals surface area (Å²) in [5.41, 5.74) is -0.217. The second-order valence-corrected chi connectivity index (χ2v) is 3.68. The fraction of sp³-hybridized carbons (Fsp3) is 0.455. The van der Waals surface area contributed by atoms with Crippen molar-refractivity contribution in [2.75, 3.05) is 0 Å². The maximum Gasteiger partial charge on any atom is 0.418 e. The second kappa shape index (κ2) is 4.74. The summed E-state index contributed by atoms with van der Waals surface area (Å²) in [6, 6.07) is 5.37. The van der Waals surface area contributed by atoms with Crippen LogP contribution in [-0.2, 0) is 0 Å². The van der Waals surface area contributed by atoms with Crippen LogP contribution in [0.15, 0.2) is 24.3 Å². The van der Waals surface area contributed by atoms with Crippen LogP contribution in [0.25, 0.3) is 0 Å². The van der Waals surface area contributed by atoms with E-state index < -0.39 is 12.3 Å². The maximum atomic E-state index is 12.2. The molecule has 1 aromatic carbocycles. The minimum Gasteiger partial charge on any atom is -0.491 e. The molecule has 0 saturated carbocycles. The molecule has 0 saturated heterocycles. The number of aliphatic hydroxyl groups is 1. The summed E-state index contributed by atoms with van der Waals surface area (Å²) in [7, 11) is 0. The molecule has 1 atom stereocenters. The van der Waals surface area contributed by atoms with Crippen LogP contribution in [0, 0.1) is 0 Å². The fourth-order valence-electron chi connectivity index (χ4n) is 1.22. The van der Waals surface area contributed by atoms with Gasteiger partial charge in [0, 0.05) is 0 Å². The molecule has 0 aromatic heterocycles. The summed E-state index contributed by atoms with van der Waals surface area (Å²) >= 11 is 0. The molecule has 0 aliphatic rings. The van der Waals surface area contributed by atoms with Gasteiger partial charge in [-0.15, -0.1) is 0 Å². The number of hydrogen-bond donors (Lipinski definition) is 1. The summed E-state index contributed by atoms with van der Waals surface area (Å²) in [6.07, 6.45) is -7.25. The SMILES string of the molecule is CC(C)Oc1cccc(C(O)C(F)(F)F)c1. The van der Waals surface area contributed by atoms with Gasteiger partial charge in [0.05, 0.1) is 6.10 Å². The molecule has 0 bridgehead atoms. The average Bonchev–Trinajstić information content (AvgIpc) is 2.14. The van der Waals surface area contributed by atoms with E-state index in [2.05, 4.69) is 0 Å². The smallest absolute Gasteiger partial charge is 0.418 e. The summed E-state index contributed by atoms with van der Waals surface area (Å²) in [4.78, 5) is 0. The molecule has 1 unspecified atom stereocenters. The number of alkyl halides is 3. The van der Waals surface area contributed by atoms with Crippen molar-refractivity contribution >= 4 is 0 Å². The van der Waals surface area contributed by atoms with Gasteiger partial charge in [-0.2, -0.15) is 13.2 Å². The standard InChI is InChI=1S/C11H13F3O2/c1-7(2)16-9-5-3-4-8(6-9)10(15)11(12,13)14/h3-7,10,15H,1-2H3. The molecule has 0 aliphatic carbocycles. The molecule has 16 heavy (non-hydrogen) atoms. The first-order valence-corrected chi connectivity index (χ1v) is 4.82. The zero-order valence-corrected chi connectivity index (χ0v) is 8.95. The third-order valence-corrected chi connectivity index (χ3v) is 1.86. The zero-order chi connectivity index (χ0) is 12.3. The molecule has 1 aromatic rings. The van der Waals surface area contributed by atoms with Gasteiger partial charge in [-0.05, 0) is 31.5 Å². The van der Waals surface area contributed by atoms with Crippen LogP contribution in [0.2, 0.25) is 0 Å². The number of aliphatic hydroxyl groups excluding tert-OH is 1. The van der Waals surface area contributed by atoms with Crippen LogP contribution in [0.4, 0.5) is 13.2 Å². The van der Waals surface area contributed by atoms with E-state index in [0.29, 0.717) is 5.75 Å². The highest BCUT2D eigenvalue weighted by Crippen LogP contribution is 2.33. The number of ether oxygens (including phenoxy) is 1. The van der Waals surface area contributed by atoms with Gasteiger partial charge in [-0.25, -0.2) is 0 Å². The number of benzene rings is 1. The van der Waals surface area contributed by atoms with Gasteiger partial charge in [0.1, 0.15) is 5.75 Å². The van der Waals surface area contributed by atoms with Gasteiger partial charge >= 0.3 is 6.18 Å². The van der Waals surface area contributed by atoms with Crippen molar-refractivity contribution in [3.05, 3.63) is 29.8 Å². The highest BCUT2D eigenvalue weighted by Gasteiger charge is 2.39. The molecular formula is C11H13F3O2. The van der Waals surface area contributed by atoms with Gasteiger partial charge in [0.25, 0.3) is 0 Å². The van der Waals surface area contributed by atoms with Gasteiger partial charge in [0.2, 0.25) is 0 Å². The third-order valence-electron chi connectivity index (χ3n) is 1.86. The maximum absolute atomic E-state index is 12.2. The Labute approximate surface area is 91.7 Å². The monoisotopic (exact) mass is 234 g/mol. The van der Waals surface area contributed by atoms with Gasteiger partial charge in [-0.3, -0.25) is 0 Å². The van der Waals surface area contributed by atoms with Crippen LogP contribution >= 0.6 is 0 Å². The first-order valence-electron chi connectivity index (χ1n) is 4.82. The zero-order valence-electron chi connectivity index (χ0n) is 8.95. The summed E-state index contributed by atoms with van der Waals surface area (Å²) in [5.74, 6) is 0.316. The van der Waals surface area contributed by atoms with Crippen molar-refractivity contribution in [2.24, 2.45) is 0 Å². The Hall–Kier alpha value is -1.23. The highest BCUT2D eigenvalue weighted by atomic mass is 19.4. The Kier molecular flexibility index (Phi) is 3.80. The molecular weight excluding hydrogens is 221 g/mol. The molecule has 0 radical (unpaired) electrons. The Bertz CT molecular complexity index is 347. The molecule has 0 spiro atoms. The third kappa shape index (κ3) is 3.41. The van der Waals surface area contributed by atoms with Crippen LogP contribution in [-0.4, -0.2) is 17.4 Å². The molecule has 90 valence electrons. The van der Waals surface area contributed by atoms with Crippen molar-refractivity contribution < 1.29 is 23.0 Å². The van der Waals surface area contributed by atoms with Crippen molar-refractivity contribution in [3.8, 4) is 5.75 Å². The van der Waals surface area contributed by atoms with Crippen molar-refractivity contribution in [3.63, 3.8) is 0 Å². The van der Waals surface area contributed by atoms with E-state index in [4.69, 9.17) is 9.84 Å². The van der Waals surface area contributed by atoms with E-state index in [0.717, 1.165) is 0 Å². The lowest BCUT2D eigenvalue weighted by atomic mass is 10.1. The summed E-state index contributed by atoms with van der Waals surface area (Å²) in [5, 5.41) is 9.04. The molecule has 1 rings (SSSR count). The molecule has 0 aliphatic heterocycles. The average molecular weight is 234 g/mol. The van der Waals surface area contributed by atoms with E-state index >= 15 is 0 Å². The van der Waals surface area contributed by atoms with E-state index in [1.807, 2.05) is 0 Å². The minimum atomic E-state index is -4.66. The molecule has 2 nitrogen and oxygen atoms in total. The number of halogens is 3. The fourth-order valence-corrected chi connectivity index (χ4v) is 1.22. The molecule has 0 heterocycles.